The van der Waals surface area contributed by atoms with Crippen molar-refractivity contribution in [2.75, 3.05) is 50.7 Å². The predicted molar refractivity (Wildman–Crippen MR) is 146 cm³/mol. The Morgan fingerprint density at radius 3 is 2.39 bits per heavy atom. The van der Waals surface area contributed by atoms with Gasteiger partial charge in [0.2, 0.25) is 5.91 Å². The molecule has 0 saturated carbocycles. The van der Waals surface area contributed by atoms with Gasteiger partial charge >= 0.3 is 6.18 Å². The standard InChI is InChI=1S/C28H38F3N5OS/c1-27(2)18-23(20-33-11-7-8-12-33)35(25(27)37)14-6-4-3-5-13-34-15-16-36(26(34)38)22-10-9-21(19-32)24(17-22)28(29,30)31/h9-10,17,23H,3-8,11-16,18,20H2,1-2H3. The minimum Gasteiger partial charge on any atom is -0.347 e. The maximum Gasteiger partial charge on any atom is 0.417 e. The number of alkyl halides is 3. The Balaban J connectivity index is 1.22. The van der Waals surface area contributed by atoms with Crippen LogP contribution >= 0.6 is 12.2 Å². The van der Waals surface area contributed by atoms with Crippen LogP contribution in [0.2, 0.25) is 0 Å². The van der Waals surface area contributed by atoms with Crippen LogP contribution in [-0.2, 0) is 11.0 Å². The first-order valence-electron chi connectivity index (χ1n) is 13.7. The Morgan fingerprint density at radius 2 is 1.74 bits per heavy atom. The molecule has 0 spiro atoms. The van der Waals surface area contributed by atoms with E-state index in [1.807, 2.05) is 4.90 Å². The third kappa shape index (κ3) is 6.42. The summed E-state index contributed by atoms with van der Waals surface area (Å²) in [5.74, 6) is 0.278. The second-order valence-electron chi connectivity index (χ2n) is 11.4. The van der Waals surface area contributed by atoms with Crippen molar-refractivity contribution in [2.24, 2.45) is 5.41 Å². The third-order valence-electron chi connectivity index (χ3n) is 8.11. The molecule has 1 unspecified atom stereocenters. The van der Waals surface area contributed by atoms with Gasteiger partial charge in [-0.15, -0.1) is 0 Å². The predicted octanol–water partition coefficient (Wildman–Crippen LogP) is 5.27. The molecule has 1 aromatic rings. The van der Waals surface area contributed by atoms with E-state index in [-0.39, 0.29) is 16.9 Å². The fourth-order valence-electron chi connectivity index (χ4n) is 6.05. The van der Waals surface area contributed by atoms with Crippen LogP contribution in [-0.4, -0.2) is 77.6 Å². The molecule has 10 heteroatoms. The lowest BCUT2D eigenvalue weighted by molar-refractivity contribution is -0.138. The summed E-state index contributed by atoms with van der Waals surface area (Å²) in [5.41, 5.74) is -1.23. The third-order valence-corrected chi connectivity index (χ3v) is 8.59. The van der Waals surface area contributed by atoms with E-state index in [9.17, 15) is 18.0 Å². The van der Waals surface area contributed by atoms with Crippen molar-refractivity contribution in [1.29, 1.82) is 5.26 Å². The fraction of sp³-hybridized carbons (Fsp3) is 0.679. The number of amides is 1. The van der Waals surface area contributed by atoms with Gasteiger partial charge in [-0.2, -0.15) is 18.4 Å². The summed E-state index contributed by atoms with van der Waals surface area (Å²) >= 11 is 5.58. The highest BCUT2D eigenvalue weighted by atomic mass is 32.1. The summed E-state index contributed by atoms with van der Waals surface area (Å²) < 4.78 is 40.1. The van der Waals surface area contributed by atoms with Gasteiger partial charge < -0.3 is 19.6 Å². The largest absolute Gasteiger partial charge is 0.417 e. The van der Waals surface area contributed by atoms with Crippen LogP contribution in [0.1, 0.15) is 69.9 Å². The average molecular weight is 550 g/mol. The van der Waals surface area contributed by atoms with Crippen LogP contribution in [0.15, 0.2) is 18.2 Å². The molecule has 3 aliphatic heterocycles. The number of carbonyl (C=O) groups excluding carboxylic acids is 1. The molecule has 3 aliphatic rings. The molecule has 3 fully saturated rings. The second kappa shape index (κ2) is 11.8. The molecule has 0 aromatic heterocycles. The number of benzene rings is 1. The Kier molecular flexibility index (Phi) is 8.88. The van der Waals surface area contributed by atoms with Gasteiger partial charge in [0.15, 0.2) is 5.11 Å². The number of rotatable bonds is 10. The Morgan fingerprint density at radius 1 is 1.05 bits per heavy atom. The van der Waals surface area contributed by atoms with Crippen LogP contribution in [0.5, 0.6) is 0 Å². The molecule has 1 aromatic carbocycles. The molecule has 1 atom stereocenters. The zero-order valence-electron chi connectivity index (χ0n) is 22.4. The molecule has 4 rings (SSSR count). The quantitative estimate of drug-likeness (QED) is 0.293. The van der Waals surface area contributed by atoms with Gasteiger partial charge in [0.1, 0.15) is 0 Å². The summed E-state index contributed by atoms with van der Waals surface area (Å²) in [6.45, 7) is 10.1. The SMILES string of the molecule is CC1(C)CC(CN2CCCC2)N(CCCCCCN2CCN(c3ccc(C#N)c(C(F)(F)F)c3)C2=S)C1=O. The van der Waals surface area contributed by atoms with Crippen molar-refractivity contribution in [3.63, 3.8) is 0 Å². The summed E-state index contributed by atoms with van der Waals surface area (Å²) in [6.07, 6.45) is 2.79. The lowest BCUT2D eigenvalue weighted by Gasteiger charge is -2.28. The highest BCUT2D eigenvalue weighted by Gasteiger charge is 2.45. The van der Waals surface area contributed by atoms with Crippen molar-refractivity contribution in [1.82, 2.24) is 14.7 Å². The van der Waals surface area contributed by atoms with Crippen LogP contribution in [0.25, 0.3) is 0 Å². The first-order chi connectivity index (χ1) is 18.0. The monoisotopic (exact) mass is 549 g/mol. The van der Waals surface area contributed by atoms with Crippen LogP contribution in [0, 0.1) is 16.7 Å². The number of thiocarbonyl (C=S) groups is 1. The van der Waals surface area contributed by atoms with Crippen LogP contribution in [0.4, 0.5) is 18.9 Å². The molecule has 6 nitrogen and oxygen atoms in total. The molecule has 38 heavy (non-hydrogen) atoms. The van der Waals surface area contributed by atoms with E-state index in [4.69, 9.17) is 17.5 Å². The number of unbranched alkanes of at least 4 members (excludes halogenated alkanes) is 3. The Labute approximate surface area is 229 Å². The molecule has 0 N–H and O–H groups in total. The summed E-state index contributed by atoms with van der Waals surface area (Å²) in [6, 6.07) is 5.69. The van der Waals surface area contributed by atoms with Gasteiger partial charge in [-0.05, 0) is 75.6 Å². The zero-order valence-corrected chi connectivity index (χ0v) is 23.2. The summed E-state index contributed by atoms with van der Waals surface area (Å²) in [5, 5.41) is 9.57. The maximum absolute atomic E-state index is 13.4. The molecule has 0 bridgehead atoms. The van der Waals surface area contributed by atoms with Crippen molar-refractivity contribution in [3.8, 4) is 6.07 Å². The first-order valence-corrected chi connectivity index (χ1v) is 14.1. The Hall–Kier alpha value is -2.38. The molecular weight excluding hydrogens is 511 g/mol. The molecule has 208 valence electrons. The minimum atomic E-state index is -4.59. The van der Waals surface area contributed by atoms with Crippen molar-refractivity contribution >= 4 is 28.9 Å². The lowest BCUT2D eigenvalue weighted by Crippen LogP contribution is -2.42. The van der Waals surface area contributed by atoms with Crippen molar-refractivity contribution in [3.05, 3.63) is 29.3 Å². The second-order valence-corrected chi connectivity index (χ2v) is 11.8. The number of carbonyl (C=O) groups is 1. The van der Waals surface area contributed by atoms with E-state index in [2.05, 4.69) is 23.6 Å². The van der Waals surface area contributed by atoms with Gasteiger partial charge in [-0.1, -0.05) is 26.7 Å². The molecule has 0 radical (unpaired) electrons. The van der Waals surface area contributed by atoms with E-state index < -0.39 is 11.7 Å². The summed E-state index contributed by atoms with van der Waals surface area (Å²) in [4.78, 5) is 21.4. The number of halogens is 3. The van der Waals surface area contributed by atoms with E-state index in [0.717, 1.165) is 70.9 Å². The summed E-state index contributed by atoms with van der Waals surface area (Å²) in [7, 11) is 0. The van der Waals surface area contributed by atoms with Crippen molar-refractivity contribution in [2.45, 2.75) is 71.0 Å². The molecule has 0 aliphatic carbocycles. The molecule has 3 saturated heterocycles. The minimum absolute atomic E-state index is 0.278. The number of nitrogens with zero attached hydrogens (tertiary/aromatic N) is 5. The van der Waals surface area contributed by atoms with Gasteiger partial charge in [0.25, 0.3) is 0 Å². The fourth-order valence-corrected chi connectivity index (χ4v) is 6.43. The number of hydrogen-bond donors (Lipinski definition) is 0. The van der Waals surface area contributed by atoms with Gasteiger partial charge in [-0.25, -0.2) is 0 Å². The van der Waals surface area contributed by atoms with Crippen LogP contribution in [0.3, 0.4) is 0 Å². The van der Waals surface area contributed by atoms with Gasteiger partial charge in [-0.3, -0.25) is 4.79 Å². The molecular formula is C28H38F3N5OS. The van der Waals surface area contributed by atoms with Crippen LogP contribution < -0.4 is 4.90 Å². The zero-order chi connectivity index (χ0) is 27.5. The highest BCUT2D eigenvalue weighted by Crippen LogP contribution is 2.37. The number of anilines is 1. The average Bonchev–Trinajstić information content (AvgIpc) is 3.56. The molecule has 3 heterocycles. The van der Waals surface area contributed by atoms with E-state index in [1.54, 1.807) is 11.0 Å². The van der Waals surface area contributed by atoms with Gasteiger partial charge in [0.05, 0.1) is 17.2 Å². The number of likely N-dealkylation sites (tertiary alicyclic amines) is 2. The van der Waals surface area contributed by atoms with E-state index in [1.165, 1.54) is 25.0 Å². The van der Waals surface area contributed by atoms with Gasteiger partial charge in [0, 0.05) is 49.9 Å². The van der Waals surface area contributed by atoms with Crippen molar-refractivity contribution < 1.29 is 18.0 Å². The number of hydrogen-bond acceptors (Lipinski definition) is 4. The maximum atomic E-state index is 13.4. The van der Waals surface area contributed by atoms with E-state index >= 15 is 0 Å². The highest BCUT2D eigenvalue weighted by molar-refractivity contribution is 7.80. The Bertz CT molecular complexity index is 1060. The molecule has 1 amide bonds. The lowest BCUT2D eigenvalue weighted by atomic mass is 9.90. The topological polar surface area (TPSA) is 53.8 Å². The smallest absolute Gasteiger partial charge is 0.347 e. The number of nitriles is 1. The first kappa shape index (κ1) is 28.6. The normalized spacial score (nSPS) is 22.1. The van der Waals surface area contributed by atoms with E-state index in [0.29, 0.717) is 29.9 Å².